The first-order valence-electron chi connectivity index (χ1n) is 3.29. The Hall–Kier alpha value is -1.78. The van der Waals surface area contributed by atoms with Gasteiger partial charge in [-0.05, 0) is 13.1 Å². The van der Waals surface area contributed by atoms with E-state index in [1.54, 1.807) is 6.92 Å². The van der Waals surface area contributed by atoms with Gasteiger partial charge in [-0.2, -0.15) is 0 Å². The molecule has 1 amide bonds. The molecule has 0 aliphatic carbocycles. The minimum absolute atomic E-state index is 0.118. The molecule has 0 aliphatic heterocycles. The van der Waals surface area contributed by atoms with Crippen LogP contribution in [-0.4, -0.2) is 12.1 Å². The van der Waals surface area contributed by atoms with Crippen LogP contribution >= 0.6 is 0 Å². The lowest BCUT2D eigenvalue weighted by molar-refractivity contribution is -0.114. The Labute approximate surface area is 70.8 Å². The second-order valence-electron chi connectivity index (χ2n) is 1.86. The third-order valence-electron chi connectivity index (χ3n) is 1.02. The molecule has 0 aromatic carbocycles. The van der Waals surface area contributed by atoms with Gasteiger partial charge in [0.1, 0.15) is 5.70 Å². The van der Waals surface area contributed by atoms with Gasteiger partial charge in [-0.3, -0.25) is 4.79 Å². The van der Waals surface area contributed by atoms with Crippen LogP contribution in [0.5, 0.6) is 0 Å². The van der Waals surface area contributed by atoms with Gasteiger partial charge >= 0.3 is 0 Å². The second-order valence-corrected chi connectivity index (χ2v) is 1.86. The first-order valence-corrected chi connectivity index (χ1v) is 3.29. The number of nitrogens with two attached hydrogens (primary N) is 2. The monoisotopic (exact) mass is 168 g/mol. The summed E-state index contributed by atoms with van der Waals surface area (Å²) in [5, 5.41) is 2.58. The minimum atomic E-state index is -0.718. The highest BCUT2D eigenvalue weighted by Gasteiger charge is 2.04. The normalized spacial score (nSPS) is 12.4. The summed E-state index contributed by atoms with van der Waals surface area (Å²) in [6, 6.07) is 0. The summed E-state index contributed by atoms with van der Waals surface area (Å²) in [4.78, 5) is 14.4. The van der Waals surface area contributed by atoms with Crippen LogP contribution in [0.3, 0.4) is 0 Å². The largest absolute Gasteiger partial charge is 0.391 e. The maximum absolute atomic E-state index is 10.6. The van der Waals surface area contributed by atoms with Crippen LogP contribution < -0.4 is 16.8 Å². The molecule has 0 aliphatic rings. The molecule has 0 saturated carbocycles. The maximum atomic E-state index is 10.6. The highest BCUT2D eigenvalue weighted by molar-refractivity contribution is 5.91. The molecule has 0 atom stereocenters. The molecule has 0 spiro atoms. The highest BCUT2D eigenvalue weighted by Crippen LogP contribution is 1.95. The molecule has 0 unspecified atom stereocenters. The van der Waals surface area contributed by atoms with Gasteiger partial charge in [0.05, 0.1) is 0 Å². The number of hydrogen-bond donors (Lipinski definition) is 3. The van der Waals surface area contributed by atoms with Crippen molar-refractivity contribution < 1.29 is 4.79 Å². The Bertz CT molecular complexity index is 242. The fraction of sp³-hybridized carbons (Fsp3) is 0.143. The minimum Gasteiger partial charge on any atom is -0.391 e. The zero-order valence-corrected chi connectivity index (χ0v) is 6.87. The van der Waals surface area contributed by atoms with E-state index in [2.05, 4.69) is 16.9 Å². The Morgan fingerprint density at radius 3 is 2.50 bits per heavy atom. The predicted octanol–water partition coefficient (Wildman–Crippen LogP) is -0.577. The van der Waals surface area contributed by atoms with Crippen LogP contribution in [0, 0.1) is 0 Å². The third-order valence-corrected chi connectivity index (χ3v) is 1.02. The van der Waals surface area contributed by atoms with Gasteiger partial charge in [0, 0.05) is 6.21 Å². The first-order chi connectivity index (χ1) is 5.63. The summed E-state index contributed by atoms with van der Waals surface area (Å²) in [5.41, 5.74) is 10.1. The van der Waals surface area contributed by atoms with Crippen molar-refractivity contribution in [2.45, 2.75) is 6.92 Å². The number of rotatable bonds is 4. The SMILES string of the molecule is C=CN/C(N=CC)=C(\N)C(N)=O. The fourth-order valence-electron chi connectivity index (χ4n) is 0.527. The van der Waals surface area contributed by atoms with Gasteiger partial charge in [0.2, 0.25) is 0 Å². The fourth-order valence-corrected chi connectivity index (χ4v) is 0.527. The zero-order valence-electron chi connectivity index (χ0n) is 6.87. The highest BCUT2D eigenvalue weighted by atomic mass is 16.1. The summed E-state index contributed by atoms with van der Waals surface area (Å²) >= 11 is 0. The third kappa shape index (κ3) is 2.87. The van der Waals surface area contributed by atoms with Gasteiger partial charge in [-0.15, -0.1) is 0 Å². The van der Waals surface area contributed by atoms with E-state index in [-0.39, 0.29) is 11.5 Å². The van der Waals surface area contributed by atoms with E-state index < -0.39 is 5.91 Å². The molecular formula is C7H12N4O. The topological polar surface area (TPSA) is 93.5 Å². The van der Waals surface area contributed by atoms with Crippen molar-refractivity contribution in [2.75, 3.05) is 0 Å². The number of primary amides is 1. The molecular weight excluding hydrogens is 156 g/mol. The number of nitrogens with zero attached hydrogens (tertiary/aromatic N) is 1. The smallest absolute Gasteiger partial charge is 0.268 e. The molecule has 5 heteroatoms. The molecule has 0 heterocycles. The van der Waals surface area contributed by atoms with Gasteiger partial charge < -0.3 is 16.8 Å². The summed E-state index contributed by atoms with van der Waals surface area (Å²) in [7, 11) is 0. The van der Waals surface area contributed by atoms with Crippen LogP contribution in [0.15, 0.2) is 29.3 Å². The van der Waals surface area contributed by atoms with E-state index in [4.69, 9.17) is 11.5 Å². The van der Waals surface area contributed by atoms with Crippen molar-refractivity contribution in [3.05, 3.63) is 24.3 Å². The lowest BCUT2D eigenvalue weighted by Crippen LogP contribution is -2.25. The van der Waals surface area contributed by atoms with Crippen molar-refractivity contribution in [2.24, 2.45) is 16.5 Å². The number of nitrogens with one attached hydrogen (secondary N) is 1. The van der Waals surface area contributed by atoms with E-state index in [0.29, 0.717) is 0 Å². The molecule has 5 N–H and O–H groups in total. The van der Waals surface area contributed by atoms with Gasteiger partial charge in [-0.25, -0.2) is 4.99 Å². The summed E-state index contributed by atoms with van der Waals surface area (Å²) in [6.45, 7) is 5.09. The molecule has 66 valence electrons. The van der Waals surface area contributed by atoms with Crippen LogP contribution in [0.1, 0.15) is 6.92 Å². The zero-order chi connectivity index (χ0) is 9.56. The Balaban J connectivity index is 4.78. The molecule has 12 heavy (non-hydrogen) atoms. The second kappa shape index (κ2) is 4.95. The molecule has 0 saturated heterocycles. The van der Waals surface area contributed by atoms with E-state index >= 15 is 0 Å². The molecule has 0 radical (unpaired) electrons. The maximum Gasteiger partial charge on any atom is 0.268 e. The summed E-state index contributed by atoms with van der Waals surface area (Å²) in [5.74, 6) is -0.509. The number of carbonyl (C=O) groups is 1. The van der Waals surface area contributed by atoms with Crippen LogP contribution in [0.25, 0.3) is 0 Å². The van der Waals surface area contributed by atoms with Gasteiger partial charge in [-0.1, -0.05) is 6.58 Å². The van der Waals surface area contributed by atoms with Crippen molar-refractivity contribution in [3.63, 3.8) is 0 Å². The van der Waals surface area contributed by atoms with Crippen LogP contribution in [0.4, 0.5) is 0 Å². The van der Waals surface area contributed by atoms with E-state index in [1.807, 2.05) is 0 Å². The number of amides is 1. The van der Waals surface area contributed by atoms with E-state index in [9.17, 15) is 4.79 Å². The van der Waals surface area contributed by atoms with Crippen molar-refractivity contribution >= 4 is 12.1 Å². The lowest BCUT2D eigenvalue weighted by atomic mass is 10.4. The van der Waals surface area contributed by atoms with Crippen molar-refractivity contribution in [1.29, 1.82) is 0 Å². The molecule has 0 fully saturated rings. The summed E-state index contributed by atoms with van der Waals surface area (Å²) in [6.07, 6.45) is 2.85. The molecule has 0 aromatic rings. The van der Waals surface area contributed by atoms with Crippen molar-refractivity contribution in [1.82, 2.24) is 5.32 Å². The molecule has 0 rings (SSSR count). The Morgan fingerprint density at radius 1 is 1.58 bits per heavy atom. The molecule has 5 nitrogen and oxygen atoms in total. The van der Waals surface area contributed by atoms with Gasteiger partial charge in [0.25, 0.3) is 5.91 Å². The number of carbonyl (C=O) groups excluding carboxylic acids is 1. The Morgan fingerprint density at radius 2 is 2.17 bits per heavy atom. The lowest BCUT2D eigenvalue weighted by Gasteiger charge is -2.02. The standard InChI is InChI=1S/C7H12N4O/c1-3-10-7(11-4-2)5(8)6(9)12/h3-4,10H,1,8H2,2H3,(H2,9,12)/b7-5+,11-4?. The van der Waals surface area contributed by atoms with E-state index in [1.165, 1.54) is 12.4 Å². The molecule has 0 bridgehead atoms. The van der Waals surface area contributed by atoms with Crippen molar-refractivity contribution in [3.8, 4) is 0 Å². The molecule has 0 aromatic heterocycles. The number of aliphatic imine (C=N–C) groups is 1. The first kappa shape index (κ1) is 10.2. The average molecular weight is 168 g/mol. The quantitative estimate of drug-likeness (QED) is 0.387. The predicted molar refractivity (Wildman–Crippen MR) is 47.9 cm³/mol. The Kier molecular flexibility index (Phi) is 4.21. The average Bonchev–Trinajstić information content (AvgIpc) is 2.03. The van der Waals surface area contributed by atoms with Gasteiger partial charge in [0.15, 0.2) is 5.82 Å². The van der Waals surface area contributed by atoms with Crippen LogP contribution in [0.2, 0.25) is 0 Å². The summed E-state index contributed by atoms with van der Waals surface area (Å²) < 4.78 is 0. The van der Waals surface area contributed by atoms with Crippen LogP contribution in [-0.2, 0) is 4.79 Å². The van der Waals surface area contributed by atoms with E-state index in [0.717, 1.165) is 0 Å². The number of hydrogen-bond acceptors (Lipinski definition) is 4.